The highest BCUT2D eigenvalue weighted by atomic mass is 28.4. The molecule has 2 saturated carbocycles. The van der Waals surface area contributed by atoms with Gasteiger partial charge in [0.15, 0.2) is 8.32 Å². The molecule has 0 bridgehead atoms. The first-order valence-corrected chi connectivity index (χ1v) is 10.4. The Morgan fingerprint density at radius 3 is 2.47 bits per heavy atom. The van der Waals surface area contributed by atoms with Crippen molar-refractivity contribution in [3.63, 3.8) is 0 Å². The highest BCUT2D eigenvalue weighted by molar-refractivity contribution is 6.74. The number of rotatable bonds is 3. The van der Waals surface area contributed by atoms with E-state index in [1.54, 1.807) is 0 Å². The van der Waals surface area contributed by atoms with Crippen LogP contribution in [0.15, 0.2) is 0 Å². The number of hydrogen-bond donors (Lipinski definition) is 1. The van der Waals surface area contributed by atoms with Crippen LogP contribution in [0.1, 0.15) is 40.0 Å². The summed E-state index contributed by atoms with van der Waals surface area (Å²) in [6.07, 6.45) is 2.49. The van der Waals surface area contributed by atoms with E-state index in [-0.39, 0.29) is 23.7 Å². The smallest absolute Gasteiger partial charge is 0.192 e. The monoisotopic (exact) mass is 284 g/mol. The fraction of sp³-hybridized carbons (Fsp3) is 0.933. The number of Topliss-reactive ketones (excluding diaryl/α,β-unsaturated/α-hetero) is 1. The number of hydrogen-bond acceptors (Lipinski definition) is 3. The lowest BCUT2D eigenvalue weighted by atomic mass is 9.92. The van der Waals surface area contributed by atoms with Gasteiger partial charge >= 0.3 is 0 Å². The maximum absolute atomic E-state index is 11.6. The predicted octanol–water partition coefficient (Wildman–Crippen LogP) is 2.98. The second-order valence-electron chi connectivity index (χ2n) is 7.87. The molecule has 0 aromatic rings. The zero-order valence-corrected chi connectivity index (χ0v) is 13.9. The summed E-state index contributed by atoms with van der Waals surface area (Å²) in [5, 5.41) is 9.89. The molecular weight excluding hydrogens is 256 g/mol. The van der Waals surface area contributed by atoms with Gasteiger partial charge in [-0.3, -0.25) is 4.79 Å². The number of carbonyl (C=O) groups is 1. The Labute approximate surface area is 117 Å². The van der Waals surface area contributed by atoms with E-state index in [4.69, 9.17) is 4.43 Å². The van der Waals surface area contributed by atoms with Gasteiger partial charge in [-0.2, -0.15) is 0 Å². The molecule has 0 radical (unpaired) electrons. The molecule has 0 amide bonds. The van der Waals surface area contributed by atoms with Crippen LogP contribution in [0.25, 0.3) is 0 Å². The predicted molar refractivity (Wildman–Crippen MR) is 78.5 cm³/mol. The van der Waals surface area contributed by atoms with Crippen LogP contribution in [-0.2, 0) is 9.22 Å². The molecule has 0 saturated heterocycles. The Hall–Kier alpha value is -0.193. The van der Waals surface area contributed by atoms with Gasteiger partial charge in [0.1, 0.15) is 5.78 Å². The molecule has 1 N–H and O–H groups in total. The molecule has 4 atom stereocenters. The van der Waals surface area contributed by atoms with Crippen molar-refractivity contribution in [2.75, 3.05) is 6.61 Å². The van der Waals surface area contributed by atoms with Crippen molar-refractivity contribution in [2.24, 2.45) is 17.8 Å². The first-order chi connectivity index (χ1) is 8.65. The molecule has 2 aliphatic rings. The molecule has 0 spiro atoms. The highest BCUT2D eigenvalue weighted by Crippen LogP contribution is 2.49. The molecule has 2 fully saturated rings. The van der Waals surface area contributed by atoms with Gasteiger partial charge in [-0.15, -0.1) is 0 Å². The Morgan fingerprint density at radius 2 is 1.95 bits per heavy atom. The second kappa shape index (κ2) is 4.97. The number of fused-ring (bicyclic) bond motifs is 1. The Kier molecular flexibility index (Phi) is 3.98. The molecule has 2 aliphatic carbocycles. The van der Waals surface area contributed by atoms with E-state index in [0.29, 0.717) is 30.5 Å². The van der Waals surface area contributed by atoms with Gasteiger partial charge < -0.3 is 9.53 Å². The van der Waals surface area contributed by atoms with Crippen LogP contribution in [0, 0.1) is 17.8 Å². The lowest BCUT2D eigenvalue weighted by molar-refractivity contribution is -0.118. The summed E-state index contributed by atoms with van der Waals surface area (Å²) in [6.45, 7) is 11.4. The van der Waals surface area contributed by atoms with Gasteiger partial charge in [0.25, 0.3) is 0 Å². The summed E-state index contributed by atoms with van der Waals surface area (Å²) in [7, 11) is -1.79. The quantitative estimate of drug-likeness (QED) is 0.810. The number of aliphatic hydroxyl groups excluding tert-OH is 1. The zero-order chi connectivity index (χ0) is 14.4. The molecule has 0 aliphatic heterocycles. The first-order valence-electron chi connectivity index (χ1n) is 7.46. The van der Waals surface area contributed by atoms with Gasteiger partial charge in [-0.25, -0.2) is 0 Å². The fourth-order valence-corrected chi connectivity index (χ4v) is 4.79. The number of ketones is 1. The van der Waals surface area contributed by atoms with E-state index in [1.165, 1.54) is 0 Å². The van der Waals surface area contributed by atoms with Crippen molar-refractivity contribution in [2.45, 2.75) is 64.3 Å². The summed E-state index contributed by atoms with van der Waals surface area (Å²) in [4.78, 5) is 11.6. The van der Waals surface area contributed by atoms with Crippen molar-refractivity contribution in [1.29, 1.82) is 0 Å². The third-order valence-electron chi connectivity index (χ3n) is 5.58. The minimum absolute atomic E-state index is 0.160. The van der Waals surface area contributed by atoms with Crippen LogP contribution in [0.5, 0.6) is 0 Å². The Bertz CT molecular complexity index is 359. The summed E-state index contributed by atoms with van der Waals surface area (Å²) in [6, 6.07) is 0. The van der Waals surface area contributed by atoms with Gasteiger partial charge in [-0.1, -0.05) is 20.8 Å². The van der Waals surface area contributed by atoms with Crippen molar-refractivity contribution in [1.82, 2.24) is 0 Å². The van der Waals surface area contributed by atoms with Gasteiger partial charge in [-0.05, 0) is 36.4 Å². The normalized spacial score (nSPS) is 35.8. The minimum Gasteiger partial charge on any atom is -0.414 e. The summed E-state index contributed by atoms with van der Waals surface area (Å²) in [5.41, 5.74) is 0. The van der Waals surface area contributed by atoms with Crippen molar-refractivity contribution in [3.05, 3.63) is 0 Å². The standard InChI is InChI=1S/C15H28O3Si/c1-15(2,3)19(4,5)18-14-7-10-6-11(17)8-12(10)13(14)9-16/h10,12-14,16H,6-9H2,1-5H3/t10-,12-,13-,14-/m1/s1. The largest absolute Gasteiger partial charge is 0.414 e. The summed E-state index contributed by atoms with van der Waals surface area (Å²) < 4.78 is 6.51. The Balaban J connectivity index is 2.08. The SMILES string of the molecule is CC(C)(C)[Si](C)(C)O[C@@H]1C[C@H]2CC(=O)C[C@H]2[C@H]1CO. The maximum Gasteiger partial charge on any atom is 0.192 e. The summed E-state index contributed by atoms with van der Waals surface area (Å²) in [5.74, 6) is 1.37. The number of carbonyl (C=O) groups excluding carboxylic acids is 1. The maximum atomic E-state index is 11.6. The first kappa shape index (κ1) is 15.2. The second-order valence-corrected chi connectivity index (χ2v) is 12.6. The third-order valence-corrected chi connectivity index (χ3v) is 10.1. The topological polar surface area (TPSA) is 46.5 Å². The number of aliphatic hydroxyl groups is 1. The molecular formula is C15H28O3Si. The van der Waals surface area contributed by atoms with Crippen LogP contribution in [0.4, 0.5) is 0 Å². The fourth-order valence-electron chi connectivity index (χ4n) is 3.41. The molecule has 4 heteroatoms. The van der Waals surface area contributed by atoms with Crippen LogP contribution in [-0.4, -0.2) is 31.9 Å². The van der Waals surface area contributed by atoms with Crippen LogP contribution >= 0.6 is 0 Å². The average molecular weight is 284 g/mol. The van der Waals surface area contributed by atoms with E-state index in [2.05, 4.69) is 33.9 Å². The van der Waals surface area contributed by atoms with E-state index in [0.717, 1.165) is 6.42 Å². The van der Waals surface area contributed by atoms with Crippen molar-refractivity contribution in [3.8, 4) is 0 Å². The molecule has 19 heavy (non-hydrogen) atoms. The zero-order valence-electron chi connectivity index (χ0n) is 12.9. The van der Waals surface area contributed by atoms with E-state index < -0.39 is 8.32 Å². The van der Waals surface area contributed by atoms with Crippen molar-refractivity contribution >= 4 is 14.1 Å². The molecule has 0 aromatic heterocycles. The molecule has 0 unspecified atom stereocenters. The van der Waals surface area contributed by atoms with Crippen LogP contribution in [0.2, 0.25) is 18.1 Å². The minimum atomic E-state index is -1.79. The lowest BCUT2D eigenvalue weighted by Gasteiger charge is -2.40. The van der Waals surface area contributed by atoms with Crippen LogP contribution in [0.3, 0.4) is 0 Å². The molecule has 110 valence electrons. The highest BCUT2D eigenvalue weighted by Gasteiger charge is 2.51. The lowest BCUT2D eigenvalue weighted by Crippen LogP contribution is -2.45. The van der Waals surface area contributed by atoms with Gasteiger partial charge in [0, 0.05) is 25.4 Å². The van der Waals surface area contributed by atoms with Gasteiger partial charge in [0.2, 0.25) is 0 Å². The van der Waals surface area contributed by atoms with E-state index in [1.807, 2.05) is 0 Å². The molecule has 3 nitrogen and oxygen atoms in total. The average Bonchev–Trinajstić information content (AvgIpc) is 2.70. The molecule has 2 rings (SSSR count). The van der Waals surface area contributed by atoms with Crippen LogP contribution < -0.4 is 0 Å². The van der Waals surface area contributed by atoms with Gasteiger partial charge in [0.05, 0.1) is 6.10 Å². The molecule has 0 aromatic carbocycles. The van der Waals surface area contributed by atoms with E-state index in [9.17, 15) is 9.90 Å². The van der Waals surface area contributed by atoms with E-state index >= 15 is 0 Å². The third kappa shape index (κ3) is 2.81. The summed E-state index contributed by atoms with van der Waals surface area (Å²) >= 11 is 0. The molecule has 0 heterocycles. The van der Waals surface area contributed by atoms with Crippen molar-refractivity contribution < 1.29 is 14.3 Å². The Morgan fingerprint density at radius 1 is 1.32 bits per heavy atom.